The van der Waals surface area contributed by atoms with Gasteiger partial charge in [0.2, 0.25) is 0 Å². The monoisotopic (exact) mass is 320 g/mol. The lowest BCUT2D eigenvalue weighted by Gasteiger charge is -2.29. The van der Waals surface area contributed by atoms with Crippen LogP contribution in [-0.2, 0) is 9.53 Å². The smallest absolute Gasteiger partial charge is 0.290 e. The van der Waals surface area contributed by atoms with E-state index in [1.165, 1.54) is 0 Å². The normalized spacial score (nSPS) is 20.4. The molecular weight excluding hydrogens is 304 g/mol. The van der Waals surface area contributed by atoms with Gasteiger partial charge in [-0.15, -0.1) is 0 Å². The van der Waals surface area contributed by atoms with Gasteiger partial charge in [-0.2, -0.15) is 0 Å². The van der Waals surface area contributed by atoms with E-state index in [1.807, 2.05) is 18.2 Å². The van der Waals surface area contributed by atoms with Crippen LogP contribution in [0.5, 0.6) is 5.75 Å². The first-order valence-electron chi connectivity index (χ1n) is 6.93. The minimum atomic E-state index is -0.366. The molecule has 0 aromatic heterocycles. The minimum absolute atomic E-state index is 0.347. The van der Waals surface area contributed by atoms with Crippen molar-refractivity contribution in [2.45, 2.75) is 0 Å². The SMILES string of the molecule is COc1cc(N2CCOCC2)ccc1/C=C1/SC(=O)NC1=O. The van der Waals surface area contributed by atoms with Crippen LogP contribution < -0.4 is 15.0 Å². The zero-order chi connectivity index (χ0) is 15.5. The van der Waals surface area contributed by atoms with Crippen LogP contribution in [0.4, 0.5) is 10.5 Å². The summed E-state index contributed by atoms with van der Waals surface area (Å²) in [5.41, 5.74) is 1.83. The summed E-state index contributed by atoms with van der Waals surface area (Å²) in [4.78, 5) is 25.4. The molecular formula is C15H16N2O4S. The Labute approximate surface area is 132 Å². The number of hydrogen-bond donors (Lipinski definition) is 1. The lowest BCUT2D eigenvalue weighted by Crippen LogP contribution is -2.36. The highest BCUT2D eigenvalue weighted by molar-refractivity contribution is 8.18. The van der Waals surface area contributed by atoms with Crippen LogP contribution >= 0.6 is 11.8 Å². The van der Waals surface area contributed by atoms with E-state index in [0.717, 1.165) is 36.1 Å². The number of anilines is 1. The summed E-state index contributed by atoms with van der Waals surface area (Å²) >= 11 is 0.899. The van der Waals surface area contributed by atoms with Gasteiger partial charge >= 0.3 is 0 Å². The van der Waals surface area contributed by atoms with E-state index in [-0.39, 0.29) is 11.1 Å². The van der Waals surface area contributed by atoms with Gasteiger partial charge in [0.1, 0.15) is 5.75 Å². The van der Waals surface area contributed by atoms with E-state index >= 15 is 0 Å². The van der Waals surface area contributed by atoms with Crippen LogP contribution in [0.25, 0.3) is 6.08 Å². The summed E-state index contributed by atoms with van der Waals surface area (Å²) in [7, 11) is 1.59. The molecule has 3 rings (SSSR count). The Kier molecular flexibility index (Phi) is 4.35. The Bertz CT molecular complexity index is 638. The number of nitrogens with one attached hydrogen (secondary N) is 1. The van der Waals surface area contributed by atoms with Crippen molar-refractivity contribution < 1.29 is 19.1 Å². The molecule has 0 aliphatic carbocycles. The van der Waals surface area contributed by atoms with Gasteiger partial charge in [-0.1, -0.05) is 0 Å². The summed E-state index contributed by atoms with van der Waals surface area (Å²) in [5.74, 6) is 0.304. The molecule has 1 aromatic carbocycles. The van der Waals surface area contributed by atoms with Crippen molar-refractivity contribution >= 4 is 34.7 Å². The Morgan fingerprint density at radius 2 is 2.09 bits per heavy atom. The van der Waals surface area contributed by atoms with Crippen molar-refractivity contribution in [1.29, 1.82) is 0 Å². The van der Waals surface area contributed by atoms with Crippen molar-refractivity contribution in [1.82, 2.24) is 5.32 Å². The number of carbonyl (C=O) groups is 2. The number of hydrogen-bond acceptors (Lipinski definition) is 6. The predicted molar refractivity (Wildman–Crippen MR) is 85.1 cm³/mol. The minimum Gasteiger partial charge on any atom is -0.496 e. The van der Waals surface area contributed by atoms with Crippen molar-refractivity contribution in [2.24, 2.45) is 0 Å². The molecule has 2 aliphatic rings. The molecule has 0 bridgehead atoms. The van der Waals surface area contributed by atoms with E-state index in [1.54, 1.807) is 13.2 Å². The standard InChI is InChI=1S/C15H16N2O4S/c1-20-12-9-11(17-4-6-21-7-5-17)3-2-10(12)8-13-14(18)16-15(19)22-13/h2-3,8-9H,4-7H2,1H3,(H,16,18,19)/b13-8+. The number of methoxy groups -OCH3 is 1. The van der Waals surface area contributed by atoms with E-state index in [2.05, 4.69) is 10.2 Å². The molecule has 0 atom stereocenters. The van der Waals surface area contributed by atoms with Gasteiger partial charge < -0.3 is 14.4 Å². The molecule has 2 fully saturated rings. The highest BCUT2D eigenvalue weighted by Crippen LogP contribution is 2.31. The zero-order valence-corrected chi connectivity index (χ0v) is 12.9. The molecule has 1 N–H and O–H groups in total. The third-order valence-corrected chi connectivity index (χ3v) is 4.33. The van der Waals surface area contributed by atoms with Crippen molar-refractivity contribution in [3.63, 3.8) is 0 Å². The molecule has 0 saturated carbocycles. The number of imide groups is 1. The number of benzene rings is 1. The van der Waals surface area contributed by atoms with Crippen molar-refractivity contribution in [3.8, 4) is 5.75 Å². The molecule has 1 aromatic rings. The van der Waals surface area contributed by atoms with Crippen LogP contribution in [0.3, 0.4) is 0 Å². The van der Waals surface area contributed by atoms with Crippen LogP contribution in [0.15, 0.2) is 23.1 Å². The maximum absolute atomic E-state index is 11.6. The fourth-order valence-corrected chi connectivity index (χ4v) is 3.07. The third-order valence-electron chi connectivity index (χ3n) is 3.52. The van der Waals surface area contributed by atoms with E-state index in [0.29, 0.717) is 23.9 Å². The zero-order valence-electron chi connectivity index (χ0n) is 12.1. The lowest BCUT2D eigenvalue weighted by atomic mass is 10.1. The molecule has 22 heavy (non-hydrogen) atoms. The van der Waals surface area contributed by atoms with Gasteiger partial charge in [0.25, 0.3) is 11.1 Å². The number of nitrogens with zero attached hydrogens (tertiary/aromatic N) is 1. The Balaban J connectivity index is 1.87. The Hall–Kier alpha value is -1.99. The van der Waals surface area contributed by atoms with Gasteiger partial charge in [-0.25, -0.2) is 0 Å². The lowest BCUT2D eigenvalue weighted by molar-refractivity contribution is -0.115. The van der Waals surface area contributed by atoms with Gasteiger partial charge in [0, 0.05) is 30.4 Å². The molecule has 6 nitrogen and oxygen atoms in total. The van der Waals surface area contributed by atoms with Gasteiger partial charge in [0.15, 0.2) is 0 Å². The molecule has 0 radical (unpaired) electrons. The second kappa shape index (κ2) is 6.41. The summed E-state index contributed by atoms with van der Waals surface area (Å²) in [6.07, 6.45) is 1.67. The molecule has 2 amide bonds. The predicted octanol–water partition coefficient (Wildman–Crippen LogP) is 1.86. The first-order chi connectivity index (χ1) is 10.7. The van der Waals surface area contributed by atoms with Crippen molar-refractivity contribution in [2.75, 3.05) is 38.3 Å². The Morgan fingerprint density at radius 1 is 1.32 bits per heavy atom. The molecule has 0 unspecified atom stereocenters. The molecule has 7 heteroatoms. The van der Waals surface area contributed by atoms with E-state index < -0.39 is 0 Å². The second-order valence-electron chi connectivity index (χ2n) is 4.88. The molecule has 2 saturated heterocycles. The molecule has 2 aliphatic heterocycles. The number of carbonyl (C=O) groups excluding carboxylic acids is 2. The Morgan fingerprint density at radius 3 is 2.73 bits per heavy atom. The molecule has 0 spiro atoms. The third kappa shape index (κ3) is 3.10. The van der Waals surface area contributed by atoms with E-state index in [4.69, 9.17) is 9.47 Å². The molecule has 116 valence electrons. The van der Waals surface area contributed by atoms with Gasteiger partial charge in [-0.3, -0.25) is 14.9 Å². The van der Waals surface area contributed by atoms with Gasteiger partial charge in [-0.05, 0) is 30.0 Å². The first-order valence-corrected chi connectivity index (χ1v) is 7.74. The largest absolute Gasteiger partial charge is 0.496 e. The fourth-order valence-electron chi connectivity index (χ4n) is 2.40. The molecule has 2 heterocycles. The quantitative estimate of drug-likeness (QED) is 0.858. The maximum atomic E-state index is 11.6. The average Bonchev–Trinajstić information content (AvgIpc) is 2.86. The average molecular weight is 320 g/mol. The topological polar surface area (TPSA) is 67.9 Å². The fraction of sp³-hybridized carbons (Fsp3) is 0.333. The van der Waals surface area contributed by atoms with Crippen molar-refractivity contribution in [3.05, 3.63) is 28.7 Å². The number of ether oxygens (including phenoxy) is 2. The van der Waals surface area contributed by atoms with E-state index in [9.17, 15) is 9.59 Å². The van der Waals surface area contributed by atoms with Crippen LogP contribution in [0.2, 0.25) is 0 Å². The highest BCUT2D eigenvalue weighted by atomic mass is 32.2. The number of morpholine rings is 1. The number of rotatable bonds is 3. The summed E-state index contributed by atoms with van der Waals surface area (Å²) in [6.45, 7) is 3.12. The number of thioether (sulfide) groups is 1. The summed E-state index contributed by atoms with van der Waals surface area (Å²) < 4.78 is 10.8. The first kappa shape index (κ1) is 14.9. The maximum Gasteiger partial charge on any atom is 0.290 e. The second-order valence-corrected chi connectivity index (χ2v) is 5.89. The highest BCUT2D eigenvalue weighted by Gasteiger charge is 2.25. The van der Waals surface area contributed by atoms with Crippen LogP contribution in [0.1, 0.15) is 5.56 Å². The van der Waals surface area contributed by atoms with Crippen LogP contribution in [-0.4, -0.2) is 44.6 Å². The van der Waals surface area contributed by atoms with Gasteiger partial charge in [0.05, 0.1) is 25.2 Å². The summed E-state index contributed by atoms with van der Waals surface area (Å²) in [5, 5.41) is 1.89. The van der Waals surface area contributed by atoms with Crippen LogP contribution in [0, 0.1) is 0 Å². The summed E-state index contributed by atoms with van der Waals surface area (Å²) in [6, 6.07) is 5.82. The number of amides is 2.